The second kappa shape index (κ2) is 8.47. The van der Waals surface area contributed by atoms with Gasteiger partial charge in [0, 0.05) is 23.7 Å². The van der Waals surface area contributed by atoms with E-state index in [2.05, 4.69) is 20.8 Å². The van der Waals surface area contributed by atoms with Gasteiger partial charge in [0.15, 0.2) is 0 Å². The van der Waals surface area contributed by atoms with Gasteiger partial charge >= 0.3 is 5.97 Å². The van der Waals surface area contributed by atoms with E-state index < -0.39 is 25.3 Å². The Bertz CT molecular complexity index is 830. The molecule has 0 aliphatic heterocycles. The Morgan fingerprint density at radius 3 is 2.61 bits per heavy atom. The normalized spacial score (nSPS) is 51.1. The van der Waals surface area contributed by atoms with Crippen molar-refractivity contribution in [3.63, 3.8) is 0 Å². The molecule has 0 aromatic carbocycles. The number of ether oxygens (including phenoxy) is 1. The number of ketones is 1. The highest BCUT2D eigenvalue weighted by molar-refractivity contribution is 5.86. The number of esters is 1. The molecule has 0 spiro atoms. The number of hydrogen-bond donors (Lipinski definition) is 1. The predicted octanol–water partition coefficient (Wildman–Crippen LogP) is 5.41. The Morgan fingerprint density at radius 2 is 1.90 bits per heavy atom. The zero-order valence-electron chi connectivity index (χ0n) is 23.7. The summed E-state index contributed by atoms with van der Waals surface area (Å²) in [6.07, 6.45) is 5.06. The van der Waals surface area contributed by atoms with Crippen molar-refractivity contribution in [3.05, 3.63) is 0 Å². The van der Waals surface area contributed by atoms with Gasteiger partial charge in [-0.3, -0.25) is 9.59 Å². The van der Waals surface area contributed by atoms with Gasteiger partial charge in [0.05, 0.1) is 13.2 Å². The van der Waals surface area contributed by atoms with E-state index in [1.54, 1.807) is 0 Å². The number of hydrogen-bond acceptors (Lipinski definition) is 4. The number of aliphatic hydroxyl groups is 1. The molecule has 0 heterocycles. The van der Waals surface area contributed by atoms with Crippen molar-refractivity contribution >= 4 is 11.8 Å². The lowest BCUT2D eigenvalue weighted by molar-refractivity contribution is -0.173. The molecule has 4 rings (SSSR count). The minimum atomic E-state index is -2.52. The van der Waals surface area contributed by atoms with Crippen LogP contribution in [0, 0.1) is 52.3 Å². The van der Waals surface area contributed by atoms with E-state index in [4.69, 9.17) is 10.2 Å². The van der Waals surface area contributed by atoms with E-state index in [9.17, 15) is 14.7 Å². The van der Waals surface area contributed by atoms with E-state index in [1.165, 1.54) is 7.11 Å². The average Bonchev–Trinajstić information content (AvgIpc) is 3.14. The first-order valence-corrected chi connectivity index (χ1v) is 12.5. The zero-order valence-corrected chi connectivity index (χ0v) is 19.7. The monoisotopic (exact) mass is 436 g/mol. The molecule has 4 aliphatic rings. The Kier molecular flexibility index (Phi) is 5.06. The van der Waals surface area contributed by atoms with Crippen LogP contribution in [0.1, 0.15) is 97.3 Å². The third kappa shape index (κ3) is 3.60. The molecule has 4 aliphatic carbocycles. The maximum Gasteiger partial charge on any atom is 0.305 e. The molecule has 0 radical (unpaired) electrons. The lowest BCUT2D eigenvalue weighted by atomic mass is 9.42. The fourth-order valence-electron chi connectivity index (χ4n) is 8.88. The smallest absolute Gasteiger partial charge is 0.305 e. The van der Waals surface area contributed by atoms with Crippen LogP contribution in [0.25, 0.3) is 0 Å². The molecule has 31 heavy (non-hydrogen) atoms. The number of Topliss-reactive ketones (excluding diaryl/α,β-unsaturated/α-hetero) is 1. The molecule has 1 unspecified atom stereocenters. The minimum absolute atomic E-state index is 0.0125. The van der Waals surface area contributed by atoms with Crippen molar-refractivity contribution < 1.29 is 24.9 Å². The second-order valence-corrected chi connectivity index (χ2v) is 11.7. The largest absolute Gasteiger partial charge is 0.469 e. The molecule has 4 heteroatoms. The molecule has 0 aromatic heterocycles. The molecule has 4 nitrogen and oxygen atoms in total. The highest BCUT2D eigenvalue weighted by Crippen LogP contribution is 2.68. The summed E-state index contributed by atoms with van der Waals surface area (Å²) in [6.45, 7) is 4.24. The maximum atomic E-state index is 14.3. The maximum absolute atomic E-state index is 14.3. The van der Waals surface area contributed by atoms with Crippen molar-refractivity contribution in [2.45, 2.75) is 97.9 Å². The molecule has 0 bridgehead atoms. The van der Waals surface area contributed by atoms with Gasteiger partial charge in [0.2, 0.25) is 0 Å². The Hall–Kier alpha value is -0.900. The zero-order chi connectivity index (χ0) is 25.9. The molecule has 0 aromatic rings. The molecule has 176 valence electrons. The van der Waals surface area contributed by atoms with E-state index in [0.717, 1.165) is 38.5 Å². The summed E-state index contributed by atoms with van der Waals surface area (Å²) in [5.41, 5.74) is -0.241. The molecule has 4 saturated carbocycles. The van der Waals surface area contributed by atoms with Crippen LogP contribution in [-0.2, 0) is 14.3 Å². The number of fused-ring (bicyclic) bond motifs is 5. The molecular weight excluding hydrogens is 388 g/mol. The Morgan fingerprint density at radius 1 is 1.19 bits per heavy atom. The number of aliphatic hydroxyl groups excluding tert-OH is 1. The number of carbonyl (C=O) groups excluding carboxylic acids is 2. The molecule has 11 atom stereocenters. The summed E-state index contributed by atoms with van der Waals surface area (Å²) in [7, 11) is 1.42. The van der Waals surface area contributed by atoms with Gasteiger partial charge < -0.3 is 9.84 Å². The standard InChI is InChI=1S/C27H44O4/c1-6-18-22-15-17(28)11-13-27(22,4)21-12-14-26(3)19(16(2)7-10-23(29)31-5)8-9-20(26)24(21)25(18)30/h16-22,24,28H,6-15H2,1-5H3/t16-,17-,18-,19-,20+,21+,22+,24+,26-,27-/m1/s1/i1D3,6D/t6?,16-,17-,18-,19-,20+,21+,22+,24+,26-,27-. The van der Waals surface area contributed by atoms with E-state index in [-0.39, 0.29) is 46.3 Å². The van der Waals surface area contributed by atoms with Crippen LogP contribution < -0.4 is 0 Å². The van der Waals surface area contributed by atoms with E-state index >= 15 is 0 Å². The van der Waals surface area contributed by atoms with Crippen molar-refractivity contribution in [1.29, 1.82) is 0 Å². The van der Waals surface area contributed by atoms with Crippen molar-refractivity contribution in [3.8, 4) is 0 Å². The van der Waals surface area contributed by atoms with Crippen LogP contribution in [-0.4, -0.2) is 30.1 Å². The SMILES string of the molecule is [2H]C([C@H]1C(=O)[C@@H]2[C@H](CC[C@]3(C)[C@@H]([C@H](C)CCC(=O)OC)CC[C@@H]23)[C@@]2(C)CC[C@@H](O)C[C@@H]12)C([2H])([2H])[2H]. The Balaban J connectivity index is 1.67. The number of carbonyl (C=O) groups is 2. The highest BCUT2D eigenvalue weighted by Gasteiger charge is 2.65. The molecular formula is C27H44O4. The van der Waals surface area contributed by atoms with Gasteiger partial charge in [-0.15, -0.1) is 0 Å². The van der Waals surface area contributed by atoms with Crippen LogP contribution in [0.3, 0.4) is 0 Å². The van der Waals surface area contributed by atoms with Crippen LogP contribution in [0.4, 0.5) is 0 Å². The molecule has 1 N–H and O–H groups in total. The molecule has 0 saturated heterocycles. The van der Waals surface area contributed by atoms with Gasteiger partial charge in [-0.2, -0.15) is 0 Å². The van der Waals surface area contributed by atoms with Gasteiger partial charge in [0.1, 0.15) is 5.78 Å². The Labute approximate surface area is 194 Å². The molecule has 4 fully saturated rings. The third-order valence-electron chi connectivity index (χ3n) is 10.6. The second-order valence-electron chi connectivity index (χ2n) is 11.7. The predicted molar refractivity (Wildman–Crippen MR) is 121 cm³/mol. The van der Waals surface area contributed by atoms with Crippen molar-refractivity contribution in [2.75, 3.05) is 7.11 Å². The van der Waals surface area contributed by atoms with Crippen molar-refractivity contribution in [1.82, 2.24) is 0 Å². The average molecular weight is 437 g/mol. The van der Waals surface area contributed by atoms with Gasteiger partial charge in [-0.1, -0.05) is 27.6 Å². The van der Waals surface area contributed by atoms with Gasteiger partial charge in [0.25, 0.3) is 0 Å². The summed E-state index contributed by atoms with van der Waals surface area (Å²) in [5.74, 6) is -0.359. The summed E-state index contributed by atoms with van der Waals surface area (Å²) in [6, 6.07) is 0. The van der Waals surface area contributed by atoms with Crippen LogP contribution in [0.5, 0.6) is 0 Å². The minimum Gasteiger partial charge on any atom is -0.469 e. The van der Waals surface area contributed by atoms with Crippen molar-refractivity contribution in [2.24, 2.45) is 52.3 Å². The third-order valence-corrected chi connectivity index (χ3v) is 10.6. The summed E-state index contributed by atoms with van der Waals surface area (Å²) in [5, 5.41) is 10.5. The lowest BCUT2D eigenvalue weighted by Gasteiger charge is -2.62. The van der Waals surface area contributed by atoms with Gasteiger partial charge in [-0.05, 0) is 98.2 Å². The first kappa shape index (κ1) is 18.5. The fourth-order valence-corrected chi connectivity index (χ4v) is 8.88. The highest BCUT2D eigenvalue weighted by atomic mass is 16.5. The summed E-state index contributed by atoms with van der Waals surface area (Å²) < 4.78 is 37.5. The van der Waals surface area contributed by atoms with Crippen LogP contribution in [0.15, 0.2) is 0 Å². The quantitative estimate of drug-likeness (QED) is 0.585. The number of rotatable bonds is 5. The molecule has 0 amide bonds. The lowest BCUT2D eigenvalue weighted by Crippen LogP contribution is -2.60. The van der Waals surface area contributed by atoms with E-state index in [0.29, 0.717) is 31.1 Å². The van der Waals surface area contributed by atoms with Crippen LogP contribution in [0.2, 0.25) is 0 Å². The fraction of sp³-hybridized carbons (Fsp3) is 0.926. The van der Waals surface area contributed by atoms with Crippen LogP contribution >= 0.6 is 0 Å². The van der Waals surface area contributed by atoms with Gasteiger partial charge in [-0.25, -0.2) is 0 Å². The van der Waals surface area contributed by atoms with E-state index in [1.807, 2.05) is 0 Å². The summed E-state index contributed by atoms with van der Waals surface area (Å²) >= 11 is 0. The first-order chi connectivity index (χ1) is 16.3. The number of methoxy groups -OCH3 is 1. The first-order valence-electron chi connectivity index (χ1n) is 14.5. The topological polar surface area (TPSA) is 63.6 Å². The summed E-state index contributed by atoms with van der Waals surface area (Å²) in [4.78, 5) is 26.0.